The molecule has 3 aromatic rings. The van der Waals surface area contributed by atoms with E-state index in [0.29, 0.717) is 16.2 Å². The molecule has 1 unspecified atom stereocenters. The molecule has 0 aromatic heterocycles. The molecule has 3 rings (SSSR count). The van der Waals surface area contributed by atoms with Crippen LogP contribution in [0.4, 0.5) is 0 Å². The first-order chi connectivity index (χ1) is 11.9. The van der Waals surface area contributed by atoms with Gasteiger partial charge in [0, 0.05) is 5.02 Å². The van der Waals surface area contributed by atoms with Crippen molar-refractivity contribution in [2.75, 3.05) is 7.11 Å². The number of benzene rings is 3. The van der Waals surface area contributed by atoms with Gasteiger partial charge in [-0.2, -0.15) is 4.21 Å². The summed E-state index contributed by atoms with van der Waals surface area (Å²) < 4.78 is 47.3. The fourth-order valence-corrected chi connectivity index (χ4v) is 4.67. The Hall–Kier alpha value is -2.09. The molecule has 1 atom stereocenters. The minimum Gasteiger partial charge on any atom is -0.497 e. The van der Waals surface area contributed by atoms with Crippen molar-refractivity contribution < 1.29 is 21.5 Å². The van der Waals surface area contributed by atoms with E-state index in [-0.39, 0.29) is 10.6 Å². The van der Waals surface area contributed by atoms with Crippen molar-refractivity contribution in [1.29, 1.82) is 0 Å². The first-order valence-corrected chi connectivity index (χ1v) is 10.5. The molecule has 0 bridgehead atoms. The normalized spacial score (nSPS) is 12.7. The third kappa shape index (κ3) is 3.78. The third-order valence-corrected chi connectivity index (χ3v) is 7.07. The Labute approximate surface area is 152 Å². The zero-order valence-electron chi connectivity index (χ0n) is 13.0. The number of methoxy groups -OCH3 is 1. The van der Waals surface area contributed by atoms with E-state index < -0.39 is 19.0 Å². The molecular formula is C17H13ClO5S2. The maximum atomic E-state index is 12.5. The highest BCUT2D eigenvalue weighted by molar-refractivity contribution is 8.62. The van der Waals surface area contributed by atoms with Crippen LogP contribution in [0.3, 0.4) is 0 Å². The Morgan fingerprint density at radius 2 is 1.48 bits per heavy atom. The lowest BCUT2D eigenvalue weighted by Gasteiger charge is -2.08. The van der Waals surface area contributed by atoms with Gasteiger partial charge in [0.2, 0.25) is 0 Å². The topological polar surface area (TPSA) is 69.7 Å². The van der Waals surface area contributed by atoms with E-state index in [1.54, 1.807) is 36.4 Å². The van der Waals surface area contributed by atoms with Gasteiger partial charge in [0.25, 0.3) is 8.87 Å². The first-order valence-electron chi connectivity index (χ1n) is 7.09. The van der Waals surface area contributed by atoms with Crippen LogP contribution >= 0.6 is 11.6 Å². The van der Waals surface area contributed by atoms with Gasteiger partial charge in [-0.05, 0) is 59.3 Å². The molecule has 0 aliphatic heterocycles. The molecule has 0 fully saturated rings. The Kier molecular flexibility index (Phi) is 4.99. The highest BCUT2D eigenvalue weighted by atomic mass is 35.5. The number of ether oxygens (including phenoxy) is 1. The van der Waals surface area contributed by atoms with Crippen molar-refractivity contribution in [2.45, 2.75) is 4.90 Å². The average molecular weight is 397 g/mol. The molecule has 0 aliphatic carbocycles. The van der Waals surface area contributed by atoms with Gasteiger partial charge in [-0.3, -0.25) is 0 Å². The number of hydrogen-bond donors (Lipinski definition) is 0. The summed E-state index contributed by atoms with van der Waals surface area (Å²) in [6, 6.07) is 15.6. The van der Waals surface area contributed by atoms with Crippen LogP contribution < -0.4 is 8.92 Å². The Balaban J connectivity index is 1.89. The summed E-state index contributed by atoms with van der Waals surface area (Å²) in [5, 5.41) is 2.01. The van der Waals surface area contributed by atoms with Crippen molar-refractivity contribution >= 4 is 41.4 Å². The lowest BCUT2D eigenvalue weighted by Crippen LogP contribution is -2.14. The molecule has 0 saturated heterocycles. The fourth-order valence-electron chi connectivity index (χ4n) is 2.18. The third-order valence-electron chi connectivity index (χ3n) is 3.47. The monoisotopic (exact) mass is 396 g/mol. The predicted octanol–water partition coefficient (Wildman–Crippen LogP) is 3.93. The number of hydrogen-bond acceptors (Lipinski definition) is 5. The largest absolute Gasteiger partial charge is 0.497 e. The number of rotatable bonds is 5. The van der Waals surface area contributed by atoms with Crippen LogP contribution in [0.25, 0.3) is 10.8 Å². The molecule has 25 heavy (non-hydrogen) atoms. The molecule has 0 radical (unpaired) electrons. The van der Waals surface area contributed by atoms with Crippen molar-refractivity contribution in [3.8, 4) is 11.5 Å². The highest BCUT2D eigenvalue weighted by Gasteiger charge is 2.26. The molecule has 0 spiro atoms. The molecule has 0 heterocycles. The van der Waals surface area contributed by atoms with Crippen molar-refractivity contribution in [3.05, 3.63) is 65.7 Å². The Bertz CT molecular complexity index is 1050. The second-order valence-corrected chi connectivity index (χ2v) is 9.59. The van der Waals surface area contributed by atoms with E-state index in [0.717, 1.165) is 5.39 Å². The Morgan fingerprint density at radius 1 is 0.880 bits per heavy atom. The standard InChI is InChI=1S/C17H13ClO5S2/c1-22-15-5-7-16(8-6-15)23-24(19)25(20,21)17-9-3-12-10-14(18)4-2-13(12)11-17/h2-11H,1H3. The SMILES string of the molecule is COc1ccc(OS(=O)S(=O)(=O)c2ccc3cc(Cl)ccc3c2)cc1. The predicted molar refractivity (Wildman–Crippen MR) is 97.9 cm³/mol. The van der Waals surface area contributed by atoms with Crippen LogP contribution in [0.2, 0.25) is 5.02 Å². The molecule has 0 aliphatic rings. The number of fused-ring (bicyclic) bond motifs is 1. The molecule has 5 nitrogen and oxygen atoms in total. The van der Waals surface area contributed by atoms with Crippen LogP contribution in [-0.2, 0) is 19.0 Å². The molecule has 8 heteroatoms. The zero-order chi connectivity index (χ0) is 18.0. The maximum absolute atomic E-state index is 12.5. The van der Waals surface area contributed by atoms with Gasteiger partial charge in [-0.25, -0.2) is 8.42 Å². The second kappa shape index (κ2) is 7.03. The molecule has 0 saturated carbocycles. The van der Waals surface area contributed by atoms with Crippen LogP contribution in [-0.4, -0.2) is 19.7 Å². The molecule has 3 aromatic carbocycles. The van der Waals surface area contributed by atoms with Crippen LogP contribution in [0, 0.1) is 0 Å². The van der Waals surface area contributed by atoms with E-state index in [2.05, 4.69) is 0 Å². The minimum absolute atomic E-state index is 0.0887. The van der Waals surface area contributed by atoms with Crippen molar-refractivity contribution in [3.63, 3.8) is 0 Å². The van der Waals surface area contributed by atoms with E-state index in [1.165, 1.54) is 31.4 Å². The summed E-state index contributed by atoms with van der Waals surface area (Å²) in [5.74, 6) is 0.740. The van der Waals surface area contributed by atoms with Gasteiger partial charge in [0.1, 0.15) is 11.5 Å². The lowest BCUT2D eigenvalue weighted by molar-refractivity contribution is 0.414. The van der Waals surface area contributed by atoms with Crippen LogP contribution in [0.1, 0.15) is 0 Å². The van der Waals surface area contributed by atoms with Gasteiger partial charge >= 0.3 is 10.1 Å². The van der Waals surface area contributed by atoms with E-state index in [1.807, 2.05) is 0 Å². The van der Waals surface area contributed by atoms with Crippen molar-refractivity contribution in [1.82, 2.24) is 0 Å². The summed E-state index contributed by atoms with van der Waals surface area (Å²) in [5.41, 5.74) is 0. The molecule has 0 amide bonds. The summed E-state index contributed by atoms with van der Waals surface area (Å²) in [6.07, 6.45) is 0. The molecule has 0 N–H and O–H groups in total. The van der Waals surface area contributed by atoms with E-state index in [4.69, 9.17) is 20.5 Å². The van der Waals surface area contributed by atoms with Gasteiger partial charge in [-0.15, -0.1) is 0 Å². The van der Waals surface area contributed by atoms with Gasteiger partial charge in [0.15, 0.2) is 0 Å². The first kappa shape index (κ1) is 17.7. The maximum Gasteiger partial charge on any atom is 0.334 e. The van der Waals surface area contributed by atoms with Gasteiger partial charge < -0.3 is 8.92 Å². The van der Waals surface area contributed by atoms with E-state index in [9.17, 15) is 12.6 Å². The highest BCUT2D eigenvalue weighted by Crippen LogP contribution is 2.26. The van der Waals surface area contributed by atoms with Crippen LogP contribution in [0.5, 0.6) is 11.5 Å². The van der Waals surface area contributed by atoms with Crippen molar-refractivity contribution in [2.24, 2.45) is 0 Å². The summed E-state index contributed by atoms with van der Waals surface area (Å²) >= 11 is 5.91. The summed E-state index contributed by atoms with van der Waals surface area (Å²) in [6.45, 7) is 0. The summed E-state index contributed by atoms with van der Waals surface area (Å²) in [7, 11) is -5.25. The number of halogens is 1. The summed E-state index contributed by atoms with van der Waals surface area (Å²) in [4.78, 5) is -0.0887. The lowest BCUT2D eigenvalue weighted by atomic mass is 10.1. The quantitative estimate of drug-likeness (QED) is 0.611. The second-order valence-electron chi connectivity index (χ2n) is 5.07. The smallest absolute Gasteiger partial charge is 0.334 e. The van der Waals surface area contributed by atoms with Gasteiger partial charge in [0.05, 0.1) is 12.0 Å². The van der Waals surface area contributed by atoms with E-state index >= 15 is 0 Å². The fraction of sp³-hybridized carbons (Fsp3) is 0.0588. The Morgan fingerprint density at radius 3 is 2.16 bits per heavy atom. The molecular weight excluding hydrogens is 384 g/mol. The van der Waals surface area contributed by atoms with Crippen LogP contribution in [0.15, 0.2) is 65.6 Å². The molecule has 130 valence electrons. The average Bonchev–Trinajstić information content (AvgIpc) is 2.61. The minimum atomic E-state index is -4.17. The van der Waals surface area contributed by atoms with Gasteiger partial charge in [-0.1, -0.05) is 23.7 Å². The zero-order valence-corrected chi connectivity index (χ0v) is 15.4.